The predicted octanol–water partition coefficient (Wildman–Crippen LogP) is -2.05. The molecule has 0 spiro atoms. The van der Waals surface area contributed by atoms with Gasteiger partial charge in [-0.1, -0.05) is 0 Å². The largest absolute Gasteiger partial charge is 0.394 e. The van der Waals surface area contributed by atoms with Crippen molar-refractivity contribution in [3.05, 3.63) is 22.7 Å². The maximum absolute atomic E-state index is 14.1. The highest BCUT2D eigenvalue weighted by atomic mass is 19.1. The van der Waals surface area contributed by atoms with Crippen molar-refractivity contribution in [2.45, 2.75) is 37.1 Å². The van der Waals surface area contributed by atoms with E-state index >= 15 is 0 Å². The summed E-state index contributed by atoms with van der Waals surface area (Å²) < 4.78 is 20.0. The van der Waals surface area contributed by atoms with Crippen LogP contribution in [0.5, 0.6) is 0 Å². The predicted molar refractivity (Wildman–Crippen MR) is 65.4 cm³/mol. The molecule has 9 heteroatoms. The third-order valence-corrected chi connectivity index (χ3v) is 3.42. The quantitative estimate of drug-likeness (QED) is 0.503. The molecule has 1 aliphatic heterocycles. The molecular formula is C11H16FN3O5. The van der Waals surface area contributed by atoms with Gasteiger partial charge in [0.15, 0.2) is 0 Å². The van der Waals surface area contributed by atoms with Crippen LogP contribution in [-0.2, 0) is 10.5 Å². The maximum Gasteiger partial charge on any atom is 0.352 e. The summed E-state index contributed by atoms with van der Waals surface area (Å²) in [5.41, 5.74) is 2.26. The average Bonchev–Trinajstić information content (AvgIpc) is 2.64. The molecule has 8 nitrogen and oxygen atoms in total. The van der Waals surface area contributed by atoms with E-state index in [2.05, 4.69) is 4.98 Å². The van der Waals surface area contributed by atoms with Gasteiger partial charge >= 0.3 is 5.69 Å². The second kappa shape index (κ2) is 5.09. The topological polar surface area (TPSA) is 131 Å². The number of aromatic nitrogens is 2. The Balaban J connectivity index is 2.59. The zero-order chi connectivity index (χ0) is 15.1. The molecule has 112 valence electrons. The number of anilines is 1. The minimum Gasteiger partial charge on any atom is -0.394 e. The number of nitrogens with two attached hydrogens (primary N) is 1. The molecule has 1 fully saturated rings. The van der Waals surface area contributed by atoms with E-state index in [0.717, 1.165) is 17.7 Å². The van der Waals surface area contributed by atoms with Crippen molar-refractivity contribution in [1.29, 1.82) is 0 Å². The van der Waals surface area contributed by atoms with Crippen LogP contribution in [0.2, 0.25) is 0 Å². The van der Waals surface area contributed by atoms with Gasteiger partial charge in [0.2, 0.25) is 5.72 Å². The molecular weight excluding hydrogens is 273 g/mol. The fourth-order valence-electron chi connectivity index (χ4n) is 2.38. The van der Waals surface area contributed by atoms with Crippen molar-refractivity contribution in [2.75, 3.05) is 12.3 Å². The lowest BCUT2D eigenvalue weighted by molar-refractivity contribution is -0.186. The summed E-state index contributed by atoms with van der Waals surface area (Å²) in [5.74, 6) is -0.0698. The zero-order valence-electron chi connectivity index (χ0n) is 10.7. The van der Waals surface area contributed by atoms with Gasteiger partial charge in [0, 0.05) is 6.20 Å². The Morgan fingerprint density at radius 3 is 2.75 bits per heavy atom. The Labute approximate surface area is 113 Å². The van der Waals surface area contributed by atoms with E-state index < -0.39 is 42.5 Å². The Morgan fingerprint density at radius 2 is 2.30 bits per heavy atom. The van der Waals surface area contributed by atoms with Crippen molar-refractivity contribution < 1.29 is 24.4 Å². The highest BCUT2D eigenvalue weighted by Crippen LogP contribution is 2.38. The lowest BCUT2D eigenvalue weighted by Crippen LogP contribution is -2.55. The van der Waals surface area contributed by atoms with E-state index in [1.54, 1.807) is 0 Å². The molecule has 1 saturated heterocycles. The molecule has 0 bridgehead atoms. The SMILES string of the molecule is CC(F)[C@@]1(n2ccc(N)nc2=O)O[C@H](CO)[C@@H](O)[C@H]1O. The standard InChI is InChI=1S/C11H16FN3O5/c1-5(12)11(9(18)8(17)6(4-16)20-11)15-3-2-7(13)14-10(15)19/h2-3,5-6,8-9,16-18H,4H2,1H3,(H2,13,14,19)/t5?,6-,8-,9-,11-/m1/s1. The Morgan fingerprint density at radius 1 is 1.65 bits per heavy atom. The second-order valence-electron chi connectivity index (χ2n) is 4.65. The van der Waals surface area contributed by atoms with Crippen molar-refractivity contribution in [3.63, 3.8) is 0 Å². The van der Waals surface area contributed by atoms with Crippen LogP contribution in [0.15, 0.2) is 17.1 Å². The van der Waals surface area contributed by atoms with E-state index in [1.165, 1.54) is 6.07 Å². The van der Waals surface area contributed by atoms with Crippen LogP contribution in [0.25, 0.3) is 0 Å². The van der Waals surface area contributed by atoms with Crippen molar-refractivity contribution in [1.82, 2.24) is 9.55 Å². The van der Waals surface area contributed by atoms with Gasteiger partial charge in [-0.15, -0.1) is 0 Å². The molecule has 1 aliphatic rings. The van der Waals surface area contributed by atoms with Crippen LogP contribution in [0, 0.1) is 0 Å². The Bertz CT molecular complexity index is 551. The second-order valence-corrected chi connectivity index (χ2v) is 4.65. The van der Waals surface area contributed by atoms with Crippen LogP contribution in [0.4, 0.5) is 10.2 Å². The first-order valence-electron chi connectivity index (χ1n) is 5.99. The molecule has 2 heterocycles. The molecule has 1 aromatic rings. The van der Waals surface area contributed by atoms with Crippen LogP contribution in [0.1, 0.15) is 6.92 Å². The molecule has 0 radical (unpaired) electrons. The molecule has 5 N–H and O–H groups in total. The molecule has 20 heavy (non-hydrogen) atoms. The molecule has 1 aromatic heterocycles. The zero-order valence-corrected chi connectivity index (χ0v) is 10.7. The molecule has 0 saturated carbocycles. The van der Waals surface area contributed by atoms with Crippen LogP contribution >= 0.6 is 0 Å². The number of alkyl halides is 1. The highest BCUT2D eigenvalue weighted by molar-refractivity contribution is 5.24. The van der Waals surface area contributed by atoms with E-state index in [4.69, 9.17) is 15.6 Å². The summed E-state index contributed by atoms with van der Waals surface area (Å²) in [6.07, 6.45) is -5.24. The molecule has 5 atom stereocenters. The minimum atomic E-state index is -2.16. The number of nitrogens with zero attached hydrogens (tertiary/aromatic N) is 2. The summed E-state index contributed by atoms with van der Waals surface area (Å²) >= 11 is 0. The van der Waals surface area contributed by atoms with Gasteiger partial charge in [0.1, 0.15) is 30.3 Å². The van der Waals surface area contributed by atoms with Gasteiger partial charge in [-0.3, -0.25) is 4.57 Å². The molecule has 1 unspecified atom stereocenters. The molecule has 0 aromatic carbocycles. The first-order valence-corrected chi connectivity index (χ1v) is 5.99. The Hall–Kier alpha value is -1.55. The van der Waals surface area contributed by atoms with Crippen LogP contribution in [-0.4, -0.2) is 56.0 Å². The van der Waals surface area contributed by atoms with Crippen molar-refractivity contribution >= 4 is 5.82 Å². The lowest BCUT2D eigenvalue weighted by atomic mass is 9.98. The summed E-state index contributed by atoms with van der Waals surface area (Å²) in [7, 11) is 0. The van der Waals surface area contributed by atoms with Crippen molar-refractivity contribution in [3.8, 4) is 0 Å². The fraction of sp³-hybridized carbons (Fsp3) is 0.636. The van der Waals surface area contributed by atoms with E-state index in [-0.39, 0.29) is 5.82 Å². The van der Waals surface area contributed by atoms with Crippen LogP contribution in [0.3, 0.4) is 0 Å². The highest BCUT2D eigenvalue weighted by Gasteiger charge is 2.59. The smallest absolute Gasteiger partial charge is 0.352 e. The first kappa shape index (κ1) is 14.9. The minimum absolute atomic E-state index is 0.0698. The number of halogens is 1. The van der Waals surface area contributed by atoms with Gasteiger partial charge in [-0.25, -0.2) is 9.18 Å². The number of aliphatic hydroxyl groups excluding tert-OH is 3. The number of hydrogen-bond acceptors (Lipinski definition) is 7. The van der Waals surface area contributed by atoms with Gasteiger partial charge < -0.3 is 25.8 Å². The average molecular weight is 289 g/mol. The normalized spacial score (nSPS) is 35.1. The Kier molecular flexibility index (Phi) is 3.78. The van der Waals surface area contributed by atoms with Gasteiger partial charge in [0.25, 0.3) is 0 Å². The lowest BCUT2D eigenvalue weighted by Gasteiger charge is -2.34. The molecule has 0 aliphatic carbocycles. The number of rotatable bonds is 3. The van der Waals surface area contributed by atoms with Gasteiger partial charge in [0.05, 0.1) is 6.61 Å². The summed E-state index contributed by atoms with van der Waals surface area (Å²) in [6, 6.07) is 1.24. The third kappa shape index (κ3) is 1.99. The van der Waals surface area contributed by atoms with Gasteiger partial charge in [-0.2, -0.15) is 4.98 Å². The first-order chi connectivity index (χ1) is 9.34. The summed E-state index contributed by atoms with van der Waals surface area (Å²) in [5, 5.41) is 29.0. The summed E-state index contributed by atoms with van der Waals surface area (Å²) in [4.78, 5) is 15.3. The van der Waals surface area contributed by atoms with E-state index in [9.17, 15) is 19.4 Å². The molecule has 2 rings (SSSR count). The van der Waals surface area contributed by atoms with Crippen LogP contribution < -0.4 is 11.4 Å². The van der Waals surface area contributed by atoms with E-state index in [0.29, 0.717) is 0 Å². The van der Waals surface area contributed by atoms with Gasteiger partial charge in [-0.05, 0) is 13.0 Å². The fourth-order valence-corrected chi connectivity index (χ4v) is 2.38. The third-order valence-electron chi connectivity index (χ3n) is 3.42. The summed E-state index contributed by atoms with van der Waals surface area (Å²) in [6.45, 7) is 0.433. The number of ether oxygens (including phenoxy) is 1. The van der Waals surface area contributed by atoms with E-state index in [1.807, 2.05) is 0 Å². The number of aliphatic hydroxyl groups is 3. The van der Waals surface area contributed by atoms with Crippen molar-refractivity contribution in [2.24, 2.45) is 0 Å². The maximum atomic E-state index is 14.1. The monoisotopic (exact) mass is 289 g/mol. The number of hydrogen-bond donors (Lipinski definition) is 4. The number of nitrogen functional groups attached to an aromatic ring is 1. The molecule has 0 amide bonds.